The first-order valence-corrected chi connectivity index (χ1v) is 14.5. The van der Waals surface area contributed by atoms with Crippen LogP contribution in [0.2, 0.25) is 0 Å². The van der Waals surface area contributed by atoms with E-state index in [1.807, 2.05) is 18.3 Å². The van der Waals surface area contributed by atoms with Gasteiger partial charge in [0.1, 0.15) is 11.2 Å². The number of nitrogens with zero attached hydrogens (tertiary/aromatic N) is 1. The zero-order valence-electron chi connectivity index (χ0n) is 23.4. The number of rotatable bonds is 5. The summed E-state index contributed by atoms with van der Waals surface area (Å²) >= 11 is 0. The first-order chi connectivity index (χ1) is 21.3. The van der Waals surface area contributed by atoms with Gasteiger partial charge in [-0.3, -0.25) is 4.98 Å². The minimum Gasteiger partial charge on any atom is -0.455 e. The molecule has 6 aromatic carbocycles. The second-order valence-corrected chi connectivity index (χ2v) is 10.8. The molecule has 0 radical (unpaired) electrons. The van der Waals surface area contributed by atoms with Crippen LogP contribution in [-0.4, -0.2) is 4.98 Å². The fourth-order valence-electron chi connectivity index (χ4n) is 5.98. The van der Waals surface area contributed by atoms with E-state index in [0.717, 1.165) is 55.3 Å². The third-order valence-corrected chi connectivity index (χ3v) is 8.24. The monoisotopic (exact) mass is 549 g/mol. The SMILES string of the molecule is c1ccc(-c2ccc(-c3ccc(-c4cccc5c4oc4c(-c6ccc(-c7cccnc7)cc6)cccc45)cc3)cc2)cc1. The Labute approximate surface area is 250 Å². The number of fused-ring (bicyclic) bond motifs is 3. The topological polar surface area (TPSA) is 26.0 Å². The Kier molecular flexibility index (Phi) is 6.16. The van der Waals surface area contributed by atoms with Crippen molar-refractivity contribution in [3.05, 3.63) is 164 Å². The first kappa shape index (κ1) is 25.0. The van der Waals surface area contributed by atoms with E-state index in [1.54, 1.807) is 6.20 Å². The van der Waals surface area contributed by atoms with E-state index < -0.39 is 0 Å². The van der Waals surface area contributed by atoms with Crippen molar-refractivity contribution in [3.63, 3.8) is 0 Å². The number of para-hydroxylation sites is 2. The van der Waals surface area contributed by atoms with Gasteiger partial charge in [-0.15, -0.1) is 0 Å². The standard InChI is InChI=1S/C41H27NO/c1-2-7-28(8-3-1)29-14-16-30(17-15-29)31-18-22-33(23-19-31)36-10-4-12-38-39-13-5-11-37(41(39)43-40(36)38)34-24-20-32(21-25-34)35-9-6-26-42-27-35/h1-27H. The molecular weight excluding hydrogens is 522 g/mol. The lowest BCUT2D eigenvalue weighted by atomic mass is 9.97. The van der Waals surface area contributed by atoms with Gasteiger partial charge >= 0.3 is 0 Å². The fraction of sp³-hybridized carbons (Fsp3) is 0. The number of pyridine rings is 1. The van der Waals surface area contributed by atoms with Crippen LogP contribution in [0.4, 0.5) is 0 Å². The van der Waals surface area contributed by atoms with Crippen LogP contribution in [0.1, 0.15) is 0 Å². The van der Waals surface area contributed by atoms with Crippen molar-refractivity contribution >= 4 is 21.9 Å². The lowest BCUT2D eigenvalue weighted by Crippen LogP contribution is -1.82. The molecule has 0 amide bonds. The van der Waals surface area contributed by atoms with Crippen molar-refractivity contribution in [2.45, 2.75) is 0 Å². The van der Waals surface area contributed by atoms with Crippen LogP contribution in [-0.2, 0) is 0 Å². The van der Waals surface area contributed by atoms with E-state index in [0.29, 0.717) is 0 Å². The average Bonchev–Trinajstić information content (AvgIpc) is 3.49. The van der Waals surface area contributed by atoms with Crippen molar-refractivity contribution in [1.29, 1.82) is 0 Å². The maximum Gasteiger partial charge on any atom is 0.143 e. The molecule has 2 heteroatoms. The highest BCUT2D eigenvalue weighted by molar-refractivity contribution is 6.13. The van der Waals surface area contributed by atoms with Crippen molar-refractivity contribution in [3.8, 4) is 55.6 Å². The molecule has 8 aromatic rings. The van der Waals surface area contributed by atoms with E-state index in [9.17, 15) is 0 Å². The van der Waals surface area contributed by atoms with Crippen LogP contribution < -0.4 is 0 Å². The van der Waals surface area contributed by atoms with Crippen LogP contribution in [0.15, 0.2) is 168 Å². The molecule has 2 heterocycles. The lowest BCUT2D eigenvalue weighted by molar-refractivity contribution is 0.671. The summed E-state index contributed by atoms with van der Waals surface area (Å²) in [4.78, 5) is 4.26. The smallest absolute Gasteiger partial charge is 0.143 e. The zero-order valence-corrected chi connectivity index (χ0v) is 23.4. The van der Waals surface area contributed by atoms with Crippen LogP contribution in [0.5, 0.6) is 0 Å². The molecule has 0 atom stereocenters. The van der Waals surface area contributed by atoms with Crippen molar-refractivity contribution in [2.75, 3.05) is 0 Å². The largest absolute Gasteiger partial charge is 0.455 e. The summed E-state index contributed by atoms with van der Waals surface area (Å²) in [5.41, 5.74) is 13.4. The maximum atomic E-state index is 6.70. The van der Waals surface area contributed by atoms with Gasteiger partial charge in [-0.25, -0.2) is 0 Å². The summed E-state index contributed by atoms with van der Waals surface area (Å²) in [6.45, 7) is 0. The number of hydrogen-bond acceptors (Lipinski definition) is 2. The predicted octanol–water partition coefficient (Wildman–Crippen LogP) is 11.3. The molecule has 43 heavy (non-hydrogen) atoms. The van der Waals surface area contributed by atoms with Gasteiger partial charge in [0, 0.05) is 34.3 Å². The minimum absolute atomic E-state index is 0.911. The Balaban J connectivity index is 1.14. The predicted molar refractivity (Wildman–Crippen MR) is 179 cm³/mol. The number of furan rings is 1. The number of benzene rings is 6. The second-order valence-electron chi connectivity index (χ2n) is 10.8. The molecule has 0 aliphatic heterocycles. The lowest BCUT2D eigenvalue weighted by Gasteiger charge is -2.07. The van der Waals surface area contributed by atoms with Gasteiger partial charge in [-0.2, -0.15) is 0 Å². The molecule has 2 aromatic heterocycles. The number of hydrogen-bond donors (Lipinski definition) is 0. The molecule has 0 unspecified atom stereocenters. The summed E-state index contributed by atoms with van der Waals surface area (Å²) in [7, 11) is 0. The molecule has 2 nitrogen and oxygen atoms in total. The van der Waals surface area contributed by atoms with Gasteiger partial charge < -0.3 is 4.42 Å². The van der Waals surface area contributed by atoms with E-state index in [4.69, 9.17) is 4.42 Å². The molecule has 0 fully saturated rings. The summed E-state index contributed by atoms with van der Waals surface area (Å²) < 4.78 is 6.70. The van der Waals surface area contributed by atoms with E-state index in [-0.39, 0.29) is 0 Å². The van der Waals surface area contributed by atoms with Gasteiger partial charge in [0.05, 0.1) is 0 Å². The third-order valence-electron chi connectivity index (χ3n) is 8.24. The third kappa shape index (κ3) is 4.60. The van der Waals surface area contributed by atoms with Crippen molar-refractivity contribution in [1.82, 2.24) is 4.98 Å². The second kappa shape index (κ2) is 10.6. The highest BCUT2D eigenvalue weighted by Crippen LogP contribution is 2.40. The summed E-state index contributed by atoms with van der Waals surface area (Å²) in [5, 5.41) is 2.25. The Morgan fingerprint density at radius 3 is 1.21 bits per heavy atom. The highest BCUT2D eigenvalue weighted by atomic mass is 16.3. The normalized spacial score (nSPS) is 11.3. The van der Waals surface area contributed by atoms with Crippen LogP contribution in [0.3, 0.4) is 0 Å². The average molecular weight is 550 g/mol. The van der Waals surface area contributed by atoms with E-state index in [1.165, 1.54) is 22.3 Å². The molecule has 0 saturated carbocycles. The van der Waals surface area contributed by atoms with E-state index >= 15 is 0 Å². The molecule has 0 saturated heterocycles. The van der Waals surface area contributed by atoms with Gasteiger partial charge in [0.25, 0.3) is 0 Å². The van der Waals surface area contributed by atoms with Crippen LogP contribution in [0, 0.1) is 0 Å². The molecule has 0 N–H and O–H groups in total. The Morgan fingerprint density at radius 2 is 0.744 bits per heavy atom. The number of aromatic nitrogens is 1. The first-order valence-electron chi connectivity index (χ1n) is 14.5. The summed E-state index contributed by atoms with van der Waals surface area (Å²) in [6, 6.07) is 53.6. The maximum absolute atomic E-state index is 6.70. The quantitative estimate of drug-likeness (QED) is 0.213. The molecule has 0 spiro atoms. The zero-order chi connectivity index (χ0) is 28.6. The van der Waals surface area contributed by atoms with Crippen LogP contribution in [0.25, 0.3) is 77.6 Å². The van der Waals surface area contributed by atoms with Crippen molar-refractivity contribution < 1.29 is 4.42 Å². The summed E-state index contributed by atoms with van der Waals surface area (Å²) in [6.07, 6.45) is 3.69. The molecule has 8 rings (SSSR count). The molecule has 202 valence electrons. The molecule has 0 bridgehead atoms. The van der Waals surface area contributed by atoms with Gasteiger partial charge in [0.15, 0.2) is 0 Å². The van der Waals surface area contributed by atoms with E-state index in [2.05, 4.69) is 145 Å². The van der Waals surface area contributed by atoms with Gasteiger partial charge in [0.2, 0.25) is 0 Å². The highest BCUT2D eigenvalue weighted by Gasteiger charge is 2.16. The van der Waals surface area contributed by atoms with Crippen LogP contribution >= 0.6 is 0 Å². The minimum atomic E-state index is 0.911. The molecule has 0 aliphatic rings. The summed E-state index contributed by atoms with van der Waals surface area (Å²) in [5.74, 6) is 0. The Bertz CT molecular complexity index is 2180. The fourth-order valence-corrected chi connectivity index (χ4v) is 5.98. The van der Waals surface area contributed by atoms with Gasteiger partial charge in [-0.1, -0.05) is 146 Å². The Morgan fingerprint density at radius 1 is 0.326 bits per heavy atom. The van der Waals surface area contributed by atoms with Gasteiger partial charge in [-0.05, 0) is 50.6 Å². The molecule has 0 aliphatic carbocycles. The van der Waals surface area contributed by atoms with Crippen molar-refractivity contribution in [2.24, 2.45) is 0 Å². The molecular formula is C41H27NO. The Hall–Kier alpha value is -5.73.